The van der Waals surface area contributed by atoms with E-state index in [4.69, 9.17) is 11.6 Å². The SMILES string of the molecule is O=S(=O)(c1ccccc1Cl)N1CCN(C2CCN(Cc3ccc(C(F)(F)F)nc3)CC2)CC1. The Morgan fingerprint density at radius 1 is 0.970 bits per heavy atom. The van der Waals surface area contributed by atoms with Gasteiger partial charge in [-0.2, -0.15) is 17.5 Å². The molecule has 0 atom stereocenters. The fourth-order valence-corrected chi connectivity index (χ4v) is 6.40. The van der Waals surface area contributed by atoms with Crippen LogP contribution in [0.25, 0.3) is 0 Å². The molecule has 2 aliphatic heterocycles. The molecule has 0 radical (unpaired) electrons. The fraction of sp³-hybridized carbons (Fsp3) is 0.500. The molecule has 1 aromatic carbocycles. The number of benzene rings is 1. The molecule has 0 unspecified atom stereocenters. The van der Waals surface area contributed by atoms with Crippen molar-refractivity contribution in [1.29, 1.82) is 0 Å². The maximum absolute atomic E-state index is 12.9. The molecule has 1 aromatic heterocycles. The Bertz CT molecular complexity index is 1050. The van der Waals surface area contributed by atoms with Crippen molar-refractivity contribution < 1.29 is 21.6 Å². The quantitative estimate of drug-likeness (QED) is 0.623. The smallest absolute Gasteiger partial charge is 0.299 e. The maximum atomic E-state index is 12.9. The Balaban J connectivity index is 1.26. The van der Waals surface area contributed by atoms with E-state index in [0.717, 1.165) is 37.6 Å². The number of hydrogen-bond acceptors (Lipinski definition) is 5. The van der Waals surface area contributed by atoms with Gasteiger partial charge in [0, 0.05) is 45.0 Å². The Labute approximate surface area is 197 Å². The molecule has 180 valence electrons. The highest BCUT2D eigenvalue weighted by Crippen LogP contribution is 2.28. The van der Waals surface area contributed by atoms with Gasteiger partial charge in [0.05, 0.1) is 5.02 Å². The van der Waals surface area contributed by atoms with E-state index in [1.165, 1.54) is 22.6 Å². The number of nitrogens with zero attached hydrogens (tertiary/aromatic N) is 4. The topological polar surface area (TPSA) is 56.8 Å². The lowest BCUT2D eigenvalue weighted by Gasteiger charge is -2.42. The van der Waals surface area contributed by atoms with Crippen molar-refractivity contribution in [3.05, 3.63) is 58.9 Å². The molecule has 0 amide bonds. The van der Waals surface area contributed by atoms with Crippen LogP contribution < -0.4 is 0 Å². The van der Waals surface area contributed by atoms with Gasteiger partial charge in [-0.05, 0) is 49.7 Å². The van der Waals surface area contributed by atoms with Crippen LogP contribution in [-0.4, -0.2) is 72.8 Å². The molecule has 0 N–H and O–H groups in total. The van der Waals surface area contributed by atoms with Crippen molar-refractivity contribution in [3.8, 4) is 0 Å². The van der Waals surface area contributed by atoms with Gasteiger partial charge in [0.2, 0.25) is 10.0 Å². The monoisotopic (exact) mass is 502 g/mol. The Kier molecular flexibility index (Phi) is 7.30. The number of aromatic nitrogens is 1. The van der Waals surface area contributed by atoms with E-state index in [0.29, 0.717) is 38.8 Å². The van der Waals surface area contributed by atoms with E-state index in [9.17, 15) is 21.6 Å². The molecule has 3 heterocycles. The summed E-state index contributed by atoms with van der Waals surface area (Å²) in [5.41, 5.74) is -0.111. The molecule has 2 fully saturated rings. The van der Waals surface area contributed by atoms with Crippen LogP contribution in [0.3, 0.4) is 0 Å². The van der Waals surface area contributed by atoms with E-state index >= 15 is 0 Å². The van der Waals surface area contributed by atoms with Crippen LogP contribution in [0.1, 0.15) is 24.1 Å². The van der Waals surface area contributed by atoms with Crippen LogP contribution in [0.5, 0.6) is 0 Å². The number of rotatable bonds is 5. The van der Waals surface area contributed by atoms with Gasteiger partial charge in [0.1, 0.15) is 10.6 Å². The largest absolute Gasteiger partial charge is 0.433 e. The van der Waals surface area contributed by atoms with Crippen molar-refractivity contribution in [1.82, 2.24) is 19.1 Å². The lowest BCUT2D eigenvalue weighted by Crippen LogP contribution is -2.54. The van der Waals surface area contributed by atoms with Crippen LogP contribution in [-0.2, 0) is 22.7 Å². The molecule has 0 bridgehead atoms. The van der Waals surface area contributed by atoms with Gasteiger partial charge in [-0.25, -0.2) is 8.42 Å². The first-order valence-corrected chi connectivity index (χ1v) is 12.7. The second-order valence-corrected chi connectivity index (χ2v) is 10.7. The number of halogens is 4. The molecule has 4 rings (SSSR count). The first kappa shape index (κ1) is 24.4. The Morgan fingerprint density at radius 3 is 2.21 bits per heavy atom. The normalized spacial score (nSPS) is 20.2. The summed E-state index contributed by atoms with van der Waals surface area (Å²) in [4.78, 5) is 8.24. The number of piperazine rings is 1. The third kappa shape index (κ3) is 5.68. The Morgan fingerprint density at radius 2 is 1.64 bits per heavy atom. The van der Waals surface area contributed by atoms with E-state index in [-0.39, 0.29) is 9.92 Å². The molecule has 2 aliphatic rings. The highest BCUT2D eigenvalue weighted by Gasteiger charge is 2.34. The number of piperidine rings is 1. The summed E-state index contributed by atoms with van der Waals surface area (Å²) in [5.74, 6) is 0. The first-order valence-electron chi connectivity index (χ1n) is 10.9. The summed E-state index contributed by atoms with van der Waals surface area (Å²) in [5, 5.41) is 0.232. The van der Waals surface area contributed by atoms with Crippen molar-refractivity contribution in [2.24, 2.45) is 0 Å². The number of hydrogen-bond donors (Lipinski definition) is 0. The molecule has 2 aromatic rings. The summed E-state index contributed by atoms with van der Waals surface area (Å²) in [6, 6.07) is 9.38. The highest BCUT2D eigenvalue weighted by molar-refractivity contribution is 7.89. The van der Waals surface area contributed by atoms with E-state index < -0.39 is 21.9 Å². The van der Waals surface area contributed by atoms with E-state index in [1.807, 2.05) is 0 Å². The standard InChI is InChI=1S/C22H26ClF3N4O2S/c23-19-3-1-2-4-20(19)33(31,32)30-13-11-29(12-14-30)18-7-9-28(10-8-18)16-17-5-6-21(27-15-17)22(24,25)26/h1-6,15,18H,7-14,16H2. The van der Waals surface area contributed by atoms with Crippen molar-refractivity contribution in [3.63, 3.8) is 0 Å². The van der Waals surface area contributed by atoms with Crippen LogP contribution in [0.2, 0.25) is 5.02 Å². The van der Waals surface area contributed by atoms with Crippen LogP contribution >= 0.6 is 11.6 Å². The van der Waals surface area contributed by atoms with Crippen molar-refractivity contribution in [2.45, 2.75) is 36.5 Å². The second-order valence-electron chi connectivity index (χ2n) is 8.43. The van der Waals surface area contributed by atoms with Gasteiger partial charge in [0.25, 0.3) is 0 Å². The number of sulfonamides is 1. The zero-order valence-electron chi connectivity index (χ0n) is 18.0. The summed E-state index contributed by atoms with van der Waals surface area (Å²) in [6.45, 7) is 4.42. The predicted molar refractivity (Wildman–Crippen MR) is 119 cm³/mol. The molecule has 2 saturated heterocycles. The molecule has 0 saturated carbocycles. The van der Waals surface area contributed by atoms with Gasteiger partial charge in [-0.3, -0.25) is 14.8 Å². The average Bonchev–Trinajstić information content (AvgIpc) is 2.80. The fourth-order valence-electron chi connectivity index (χ4n) is 4.49. The number of pyridine rings is 1. The minimum Gasteiger partial charge on any atom is -0.299 e. The van der Waals surface area contributed by atoms with Gasteiger partial charge in [-0.1, -0.05) is 29.8 Å². The highest BCUT2D eigenvalue weighted by atomic mass is 35.5. The minimum absolute atomic E-state index is 0.145. The predicted octanol–water partition coefficient (Wildman–Crippen LogP) is 3.72. The molecular weight excluding hydrogens is 477 g/mol. The maximum Gasteiger partial charge on any atom is 0.433 e. The molecule has 11 heteroatoms. The molecule has 33 heavy (non-hydrogen) atoms. The molecular formula is C22H26ClF3N4O2S. The number of alkyl halides is 3. The lowest BCUT2D eigenvalue weighted by molar-refractivity contribution is -0.141. The minimum atomic E-state index is -4.42. The van der Waals surface area contributed by atoms with Gasteiger partial charge in [0.15, 0.2) is 0 Å². The van der Waals surface area contributed by atoms with Crippen LogP contribution in [0.4, 0.5) is 13.2 Å². The van der Waals surface area contributed by atoms with Crippen LogP contribution in [0.15, 0.2) is 47.5 Å². The molecule has 6 nitrogen and oxygen atoms in total. The zero-order chi connectivity index (χ0) is 23.6. The van der Waals surface area contributed by atoms with Crippen LogP contribution in [0, 0.1) is 0 Å². The third-order valence-electron chi connectivity index (χ3n) is 6.32. The average molecular weight is 503 g/mol. The van der Waals surface area contributed by atoms with E-state index in [1.54, 1.807) is 18.2 Å². The summed E-state index contributed by atoms with van der Waals surface area (Å²) >= 11 is 6.10. The summed E-state index contributed by atoms with van der Waals surface area (Å²) in [7, 11) is -3.61. The lowest BCUT2D eigenvalue weighted by atomic mass is 10.0. The van der Waals surface area contributed by atoms with Crippen molar-refractivity contribution in [2.75, 3.05) is 39.3 Å². The first-order chi connectivity index (χ1) is 15.6. The van der Waals surface area contributed by atoms with E-state index in [2.05, 4.69) is 14.8 Å². The van der Waals surface area contributed by atoms with Gasteiger partial charge >= 0.3 is 6.18 Å². The third-order valence-corrected chi connectivity index (χ3v) is 8.72. The number of likely N-dealkylation sites (tertiary alicyclic amines) is 1. The molecule has 0 aliphatic carbocycles. The van der Waals surface area contributed by atoms with Crippen molar-refractivity contribution >= 4 is 21.6 Å². The summed E-state index contributed by atoms with van der Waals surface area (Å²) < 4.78 is 65.4. The summed E-state index contributed by atoms with van der Waals surface area (Å²) in [6.07, 6.45) is -1.25. The van der Waals surface area contributed by atoms with Gasteiger partial charge in [-0.15, -0.1) is 0 Å². The zero-order valence-corrected chi connectivity index (χ0v) is 19.6. The van der Waals surface area contributed by atoms with Gasteiger partial charge < -0.3 is 0 Å². The molecule has 0 spiro atoms. The Hall–Kier alpha value is -1.72. The second kappa shape index (κ2) is 9.87.